The normalized spacial score (nSPS) is 11.9. The number of carbonyl (C=O) groups is 1. The molecule has 1 amide bonds. The number of hydrogen-bond acceptors (Lipinski definition) is 5. The summed E-state index contributed by atoms with van der Waals surface area (Å²) in [5, 5.41) is 12.1. The first-order chi connectivity index (χ1) is 13.9. The van der Waals surface area contributed by atoms with E-state index in [4.69, 9.17) is 4.74 Å². The maximum absolute atomic E-state index is 12.7. The quantitative estimate of drug-likeness (QED) is 0.571. The van der Waals surface area contributed by atoms with E-state index < -0.39 is 0 Å². The Morgan fingerprint density at radius 1 is 1.21 bits per heavy atom. The zero-order valence-electron chi connectivity index (χ0n) is 17.4. The SMILES string of the molecule is CCn1c(SC(C)C(=O)Nc2ccc(C)cc2C)nnc1-c1ccccc1OC. The average molecular weight is 411 g/mol. The molecule has 1 aromatic heterocycles. The fourth-order valence-corrected chi connectivity index (χ4v) is 4.00. The van der Waals surface area contributed by atoms with E-state index in [1.165, 1.54) is 17.3 Å². The van der Waals surface area contributed by atoms with Gasteiger partial charge in [-0.3, -0.25) is 4.79 Å². The van der Waals surface area contributed by atoms with Gasteiger partial charge in [0.1, 0.15) is 5.75 Å². The van der Waals surface area contributed by atoms with Crippen LogP contribution in [0.3, 0.4) is 0 Å². The molecule has 3 rings (SSSR count). The van der Waals surface area contributed by atoms with Crippen LogP contribution in [-0.2, 0) is 11.3 Å². The zero-order chi connectivity index (χ0) is 21.0. The van der Waals surface area contributed by atoms with Crippen LogP contribution >= 0.6 is 11.8 Å². The van der Waals surface area contributed by atoms with Crippen LogP contribution in [0.25, 0.3) is 11.4 Å². The van der Waals surface area contributed by atoms with Crippen molar-refractivity contribution in [3.63, 3.8) is 0 Å². The van der Waals surface area contributed by atoms with Crippen LogP contribution in [0.2, 0.25) is 0 Å². The molecular formula is C22H26N4O2S. The van der Waals surface area contributed by atoms with Crippen LogP contribution in [0.5, 0.6) is 5.75 Å². The Labute approximate surface area is 175 Å². The number of carbonyl (C=O) groups excluding carboxylic acids is 1. The number of amides is 1. The molecule has 1 heterocycles. The molecule has 6 nitrogen and oxygen atoms in total. The second-order valence-electron chi connectivity index (χ2n) is 6.82. The van der Waals surface area contributed by atoms with Gasteiger partial charge in [0.05, 0.1) is 17.9 Å². The number of hydrogen-bond donors (Lipinski definition) is 1. The van der Waals surface area contributed by atoms with Crippen LogP contribution in [0.15, 0.2) is 47.6 Å². The first-order valence-corrected chi connectivity index (χ1v) is 10.4. The summed E-state index contributed by atoms with van der Waals surface area (Å²) >= 11 is 1.40. The highest BCUT2D eigenvalue weighted by Gasteiger charge is 2.22. The van der Waals surface area contributed by atoms with Crippen molar-refractivity contribution in [3.05, 3.63) is 53.6 Å². The van der Waals surface area contributed by atoms with Gasteiger partial charge in [-0.25, -0.2) is 0 Å². The third kappa shape index (κ3) is 4.62. The molecule has 0 saturated heterocycles. The lowest BCUT2D eigenvalue weighted by Gasteiger charge is -2.14. The van der Waals surface area contributed by atoms with Crippen molar-refractivity contribution >= 4 is 23.4 Å². The molecule has 1 atom stereocenters. The number of thioether (sulfide) groups is 1. The molecule has 29 heavy (non-hydrogen) atoms. The number of aryl methyl sites for hydroxylation is 2. The molecule has 0 radical (unpaired) electrons. The molecule has 0 fully saturated rings. The summed E-state index contributed by atoms with van der Waals surface area (Å²) in [6, 6.07) is 13.7. The molecular weight excluding hydrogens is 384 g/mol. The number of nitrogens with one attached hydrogen (secondary N) is 1. The van der Waals surface area contributed by atoms with Crippen molar-refractivity contribution in [2.24, 2.45) is 0 Å². The average Bonchev–Trinajstić information content (AvgIpc) is 3.12. The Balaban J connectivity index is 1.79. The molecule has 0 aliphatic heterocycles. The third-order valence-electron chi connectivity index (χ3n) is 4.67. The lowest BCUT2D eigenvalue weighted by molar-refractivity contribution is -0.115. The summed E-state index contributed by atoms with van der Waals surface area (Å²) in [4.78, 5) is 12.7. The smallest absolute Gasteiger partial charge is 0.237 e. The van der Waals surface area contributed by atoms with Crippen LogP contribution in [0.1, 0.15) is 25.0 Å². The summed E-state index contributed by atoms with van der Waals surface area (Å²) in [6.07, 6.45) is 0. The maximum atomic E-state index is 12.7. The fraction of sp³-hybridized carbons (Fsp3) is 0.318. The summed E-state index contributed by atoms with van der Waals surface area (Å²) in [6.45, 7) is 8.63. The van der Waals surface area contributed by atoms with Crippen molar-refractivity contribution in [1.29, 1.82) is 0 Å². The van der Waals surface area contributed by atoms with Crippen molar-refractivity contribution in [1.82, 2.24) is 14.8 Å². The van der Waals surface area contributed by atoms with E-state index in [1.807, 2.05) is 68.7 Å². The molecule has 2 aromatic carbocycles. The van der Waals surface area contributed by atoms with Gasteiger partial charge in [0.2, 0.25) is 5.91 Å². The molecule has 1 unspecified atom stereocenters. The van der Waals surface area contributed by atoms with E-state index in [-0.39, 0.29) is 11.2 Å². The van der Waals surface area contributed by atoms with E-state index in [9.17, 15) is 4.79 Å². The van der Waals surface area contributed by atoms with E-state index in [0.29, 0.717) is 11.7 Å². The van der Waals surface area contributed by atoms with Crippen molar-refractivity contribution in [3.8, 4) is 17.1 Å². The van der Waals surface area contributed by atoms with Gasteiger partial charge in [-0.2, -0.15) is 0 Å². The van der Waals surface area contributed by atoms with E-state index >= 15 is 0 Å². The lowest BCUT2D eigenvalue weighted by atomic mass is 10.1. The van der Waals surface area contributed by atoms with Gasteiger partial charge in [-0.15, -0.1) is 10.2 Å². The van der Waals surface area contributed by atoms with Crippen LogP contribution in [0, 0.1) is 13.8 Å². The second kappa shape index (κ2) is 9.13. The number of rotatable bonds is 7. The monoisotopic (exact) mass is 410 g/mol. The number of methoxy groups -OCH3 is 1. The molecule has 0 saturated carbocycles. The van der Waals surface area contributed by atoms with Gasteiger partial charge in [0.25, 0.3) is 0 Å². The van der Waals surface area contributed by atoms with Gasteiger partial charge >= 0.3 is 0 Å². The Morgan fingerprint density at radius 2 is 1.97 bits per heavy atom. The lowest BCUT2D eigenvalue weighted by Crippen LogP contribution is -2.23. The number of benzene rings is 2. The molecule has 0 aliphatic rings. The second-order valence-corrected chi connectivity index (χ2v) is 8.13. The number of anilines is 1. The highest BCUT2D eigenvalue weighted by atomic mass is 32.2. The Bertz CT molecular complexity index is 1020. The van der Waals surface area contributed by atoms with Crippen molar-refractivity contribution in [2.75, 3.05) is 12.4 Å². The maximum Gasteiger partial charge on any atom is 0.237 e. The minimum absolute atomic E-state index is 0.0635. The van der Waals surface area contributed by atoms with Crippen molar-refractivity contribution < 1.29 is 9.53 Å². The first-order valence-electron chi connectivity index (χ1n) is 9.56. The van der Waals surface area contributed by atoms with Gasteiger partial charge in [-0.1, -0.05) is 41.6 Å². The van der Waals surface area contributed by atoms with E-state index in [0.717, 1.165) is 28.4 Å². The predicted molar refractivity (Wildman–Crippen MR) is 118 cm³/mol. The summed E-state index contributed by atoms with van der Waals surface area (Å²) in [7, 11) is 1.64. The van der Waals surface area contributed by atoms with Gasteiger partial charge in [0.15, 0.2) is 11.0 Å². The molecule has 0 spiro atoms. The van der Waals surface area contributed by atoms with Gasteiger partial charge in [0, 0.05) is 12.2 Å². The predicted octanol–water partition coefficient (Wildman–Crippen LogP) is 4.71. The summed E-state index contributed by atoms with van der Waals surface area (Å²) < 4.78 is 7.47. The largest absolute Gasteiger partial charge is 0.496 e. The van der Waals surface area contributed by atoms with E-state index in [2.05, 4.69) is 21.6 Å². The molecule has 0 aliphatic carbocycles. The molecule has 0 bridgehead atoms. The molecule has 152 valence electrons. The summed E-state index contributed by atoms with van der Waals surface area (Å²) in [5.74, 6) is 1.41. The highest BCUT2D eigenvalue weighted by molar-refractivity contribution is 8.00. The molecule has 7 heteroatoms. The topological polar surface area (TPSA) is 69.0 Å². The van der Waals surface area contributed by atoms with Crippen LogP contribution < -0.4 is 10.1 Å². The Morgan fingerprint density at radius 3 is 2.66 bits per heavy atom. The third-order valence-corrected chi connectivity index (χ3v) is 5.75. The van der Waals surface area contributed by atoms with Crippen molar-refractivity contribution in [2.45, 2.75) is 44.6 Å². The fourth-order valence-electron chi connectivity index (χ4n) is 3.09. The van der Waals surface area contributed by atoms with Crippen LogP contribution in [-0.4, -0.2) is 33.0 Å². The van der Waals surface area contributed by atoms with Gasteiger partial charge < -0.3 is 14.6 Å². The Hall–Kier alpha value is -2.80. The van der Waals surface area contributed by atoms with Crippen LogP contribution in [0.4, 0.5) is 5.69 Å². The highest BCUT2D eigenvalue weighted by Crippen LogP contribution is 2.32. The summed E-state index contributed by atoms with van der Waals surface area (Å²) in [5.41, 5.74) is 3.93. The Kier molecular flexibility index (Phi) is 6.59. The van der Waals surface area contributed by atoms with E-state index in [1.54, 1.807) is 7.11 Å². The number of ether oxygens (including phenoxy) is 1. The zero-order valence-corrected chi connectivity index (χ0v) is 18.2. The molecule has 3 aromatic rings. The number of para-hydroxylation sites is 1. The van der Waals surface area contributed by atoms with Gasteiger partial charge in [-0.05, 0) is 51.5 Å². The minimum Gasteiger partial charge on any atom is -0.496 e. The minimum atomic E-state index is -0.323. The number of aromatic nitrogens is 3. The standard InChI is InChI=1S/C22H26N4O2S/c1-6-26-20(17-9-7-8-10-19(17)28-5)24-25-22(26)29-16(4)21(27)23-18-12-11-14(2)13-15(18)3/h7-13,16H,6H2,1-5H3,(H,23,27). The molecule has 1 N–H and O–H groups in total. The first kappa shape index (κ1) is 20.9. The number of nitrogens with zero attached hydrogens (tertiary/aromatic N) is 3.